The number of rotatable bonds is 18. The molecule has 3 rings (SSSR count). The fraction of sp³-hybridized carbons (Fsp3) is 0.647. The largest absolute Gasteiger partial charge is 0.543 e. The number of alkyl halides is 1. The lowest BCUT2D eigenvalue weighted by Gasteiger charge is -2.37. The molecule has 0 radical (unpaired) electrons. The minimum absolute atomic E-state index is 0.551. The smallest absolute Gasteiger partial charge is 0.253 e. The Bertz CT molecular complexity index is 978. The Kier molecular flexibility index (Phi) is 12.2. The molecule has 0 saturated heterocycles. The molecule has 2 atom stereocenters. The highest BCUT2D eigenvalue weighted by Crippen LogP contribution is 2.47. The Hall–Kier alpha value is -1.40. The van der Waals surface area contributed by atoms with Crippen molar-refractivity contribution in [3.63, 3.8) is 0 Å². The molecule has 0 N–H and O–H groups in total. The van der Waals surface area contributed by atoms with Gasteiger partial charge in [0.25, 0.3) is 8.32 Å². The number of unbranched alkanes of at least 4 members (excludes halogenated alkanes) is 6. The molecule has 0 bridgehead atoms. The van der Waals surface area contributed by atoms with Gasteiger partial charge in [-0.05, 0) is 46.5 Å². The van der Waals surface area contributed by atoms with Gasteiger partial charge in [0, 0.05) is 5.56 Å². The van der Waals surface area contributed by atoms with Crippen LogP contribution in [0.3, 0.4) is 0 Å². The summed E-state index contributed by atoms with van der Waals surface area (Å²) in [6, 6.07) is 22.3. The van der Waals surface area contributed by atoms with E-state index in [-0.39, 0.29) is 0 Å². The van der Waals surface area contributed by atoms with Gasteiger partial charge < -0.3 is 4.43 Å². The summed E-state index contributed by atoms with van der Waals surface area (Å²) < 4.78 is 22.7. The summed E-state index contributed by atoms with van der Waals surface area (Å²) in [7, 11) is -3.20. The summed E-state index contributed by atoms with van der Waals surface area (Å²) in [6.45, 7) is 14.4. The van der Waals surface area contributed by atoms with Crippen LogP contribution in [0.2, 0.25) is 41.8 Å². The Labute approximate surface area is 236 Å². The van der Waals surface area contributed by atoms with Crippen LogP contribution in [0.1, 0.15) is 110 Å². The third-order valence-corrected chi connectivity index (χ3v) is 21.0. The van der Waals surface area contributed by atoms with E-state index in [1.165, 1.54) is 87.6 Å². The summed E-state index contributed by atoms with van der Waals surface area (Å²) >= 11 is 0. The van der Waals surface area contributed by atoms with Gasteiger partial charge in [-0.15, -0.1) is 0 Å². The Morgan fingerprint density at radius 3 is 1.97 bits per heavy atom. The van der Waals surface area contributed by atoms with Crippen molar-refractivity contribution in [1.82, 2.24) is 0 Å². The van der Waals surface area contributed by atoms with Crippen LogP contribution in [0.25, 0.3) is 11.1 Å². The average Bonchev–Trinajstić information content (AvgIpc) is 3.22. The molecule has 212 valence electrons. The highest BCUT2D eigenvalue weighted by Gasteiger charge is 2.41. The highest BCUT2D eigenvalue weighted by molar-refractivity contribution is 6.80. The zero-order valence-electron chi connectivity index (χ0n) is 25.4. The molecular formula is C34H55FOSi2. The lowest BCUT2D eigenvalue weighted by atomic mass is 10.1. The first-order valence-corrected chi connectivity index (χ1v) is 21.1. The lowest BCUT2D eigenvalue weighted by Crippen LogP contribution is -2.45. The van der Waals surface area contributed by atoms with E-state index in [9.17, 15) is 0 Å². The van der Waals surface area contributed by atoms with E-state index in [1.807, 2.05) is 30.3 Å². The minimum atomic E-state index is -2.06. The van der Waals surface area contributed by atoms with E-state index < -0.39 is 22.6 Å². The molecule has 0 fully saturated rings. The quantitative estimate of drug-likeness (QED) is 0.131. The highest BCUT2D eigenvalue weighted by atomic mass is 28.4. The molecule has 2 aromatic carbocycles. The van der Waals surface area contributed by atoms with Crippen LogP contribution < -0.4 is 4.43 Å². The van der Waals surface area contributed by atoms with Crippen LogP contribution in [-0.4, -0.2) is 16.4 Å². The first-order valence-electron chi connectivity index (χ1n) is 15.9. The Balaban J connectivity index is 1.79. The molecule has 1 aliphatic rings. The summed E-state index contributed by atoms with van der Waals surface area (Å²) in [5, 5.41) is 0. The van der Waals surface area contributed by atoms with Crippen LogP contribution in [0.4, 0.5) is 4.39 Å². The van der Waals surface area contributed by atoms with Crippen molar-refractivity contribution in [1.29, 1.82) is 0 Å². The molecule has 2 aromatic rings. The molecule has 0 heterocycles. The first kappa shape index (κ1) is 31.1. The van der Waals surface area contributed by atoms with Crippen molar-refractivity contribution in [3.8, 4) is 16.9 Å². The molecule has 0 amide bonds. The maximum Gasteiger partial charge on any atom is 0.253 e. The van der Waals surface area contributed by atoms with Crippen LogP contribution >= 0.6 is 0 Å². The third-order valence-electron chi connectivity index (χ3n) is 9.95. The Morgan fingerprint density at radius 2 is 1.32 bits per heavy atom. The number of hydrogen-bond acceptors (Lipinski definition) is 1. The standard InChI is InChI=1S/C34H55FOSi2/c1-7-11-12-13-14-15-18-25-38(28(5)6,26-19-24-37(8-2,9-3)10-4)36-29-22-23-31-30-20-16-17-21-32(30)34(35)33(31)27-29/h16-17,20-23,27-28,34H,7-15,18-19,24-26H2,1-6H3. The number of halogens is 1. The van der Waals surface area contributed by atoms with Crippen molar-refractivity contribution in [2.75, 3.05) is 0 Å². The lowest BCUT2D eigenvalue weighted by molar-refractivity contribution is 0.408. The molecule has 38 heavy (non-hydrogen) atoms. The summed E-state index contributed by atoms with van der Waals surface area (Å²) in [4.78, 5) is 0. The Morgan fingerprint density at radius 1 is 0.711 bits per heavy atom. The van der Waals surface area contributed by atoms with E-state index in [0.717, 1.165) is 28.0 Å². The van der Waals surface area contributed by atoms with Crippen LogP contribution in [0.15, 0.2) is 42.5 Å². The van der Waals surface area contributed by atoms with Gasteiger partial charge in [-0.2, -0.15) is 0 Å². The summed E-state index contributed by atoms with van der Waals surface area (Å²) in [5.74, 6) is 0.910. The average molecular weight is 555 g/mol. The third kappa shape index (κ3) is 7.41. The second-order valence-corrected chi connectivity index (χ2v) is 22.4. The molecule has 0 aromatic heterocycles. The predicted octanol–water partition coefficient (Wildman–Crippen LogP) is 12.1. The fourth-order valence-corrected chi connectivity index (χ4v) is 14.7. The van der Waals surface area contributed by atoms with Crippen molar-refractivity contribution >= 4 is 16.4 Å². The molecule has 0 aliphatic heterocycles. The van der Waals surface area contributed by atoms with E-state index in [0.29, 0.717) is 5.54 Å². The van der Waals surface area contributed by atoms with Crippen molar-refractivity contribution in [2.24, 2.45) is 0 Å². The minimum Gasteiger partial charge on any atom is -0.543 e. The maximum absolute atomic E-state index is 15.5. The SMILES string of the molecule is CCCCCCCCC[Si](CCC[Si](CC)(CC)CC)(Oc1ccc2c(c1)C(F)c1ccccc1-2)C(C)C. The van der Waals surface area contributed by atoms with E-state index in [2.05, 4.69) is 53.7 Å². The van der Waals surface area contributed by atoms with Crippen LogP contribution in [0.5, 0.6) is 5.75 Å². The second-order valence-electron chi connectivity index (χ2n) is 12.3. The second kappa shape index (κ2) is 14.8. The molecule has 1 nitrogen and oxygen atoms in total. The number of fused-ring (bicyclic) bond motifs is 3. The molecule has 1 aliphatic carbocycles. The first-order chi connectivity index (χ1) is 18.3. The number of benzene rings is 2. The summed E-state index contributed by atoms with van der Waals surface area (Å²) in [5.41, 5.74) is 4.22. The molecule has 2 unspecified atom stereocenters. The van der Waals surface area contributed by atoms with E-state index in [4.69, 9.17) is 4.43 Å². The predicted molar refractivity (Wildman–Crippen MR) is 171 cm³/mol. The van der Waals surface area contributed by atoms with Crippen molar-refractivity contribution < 1.29 is 8.82 Å². The molecule has 0 saturated carbocycles. The van der Waals surface area contributed by atoms with Gasteiger partial charge >= 0.3 is 0 Å². The van der Waals surface area contributed by atoms with Crippen molar-refractivity contribution in [3.05, 3.63) is 53.6 Å². The molecular weight excluding hydrogens is 500 g/mol. The van der Waals surface area contributed by atoms with Gasteiger partial charge in [-0.3, -0.25) is 0 Å². The zero-order chi connectivity index (χ0) is 27.6. The molecule has 0 spiro atoms. The zero-order valence-corrected chi connectivity index (χ0v) is 27.4. The summed E-state index contributed by atoms with van der Waals surface area (Å²) in [6.07, 6.45) is 9.61. The van der Waals surface area contributed by atoms with Crippen molar-refractivity contribution in [2.45, 2.75) is 141 Å². The van der Waals surface area contributed by atoms with Crippen LogP contribution in [-0.2, 0) is 0 Å². The van der Waals surface area contributed by atoms with E-state index in [1.54, 1.807) is 0 Å². The van der Waals surface area contributed by atoms with Crippen LogP contribution in [0, 0.1) is 0 Å². The monoisotopic (exact) mass is 554 g/mol. The van der Waals surface area contributed by atoms with Gasteiger partial charge in [0.15, 0.2) is 6.17 Å². The van der Waals surface area contributed by atoms with Gasteiger partial charge in [-0.25, -0.2) is 4.39 Å². The normalized spacial score (nSPS) is 16.4. The van der Waals surface area contributed by atoms with Gasteiger partial charge in [0.2, 0.25) is 0 Å². The van der Waals surface area contributed by atoms with Gasteiger partial charge in [-0.1, -0.05) is 147 Å². The fourth-order valence-electron chi connectivity index (χ4n) is 6.77. The van der Waals surface area contributed by atoms with Gasteiger partial charge in [0.1, 0.15) is 5.75 Å². The van der Waals surface area contributed by atoms with E-state index >= 15 is 4.39 Å². The number of hydrogen-bond donors (Lipinski definition) is 0. The molecule has 4 heteroatoms. The topological polar surface area (TPSA) is 9.23 Å². The maximum atomic E-state index is 15.5. The van der Waals surface area contributed by atoms with Gasteiger partial charge in [0.05, 0.1) is 8.07 Å².